The predicted octanol–water partition coefficient (Wildman–Crippen LogP) is 5.76. The maximum absolute atomic E-state index is 12.8. The smallest absolute Gasteiger partial charge is 0.339 e. The van der Waals surface area contributed by atoms with Crippen molar-refractivity contribution in [1.29, 1.82) is 0 Å². The molecule has 0 aliphatic carbocycles. The number of nitrogens with zero attached hydrogens (tertiary/aromatic N) is 1. The quantitative estimate of drug-likeness (QED) is 0.309. The fourth-order valence-corrected chi connectivity index (χ4v) is 4.47. The first kappa shape index (κ1) is 25.3. The highest BCUT2D eigenvalue weighted by atomic mass is 35.5. The second-order valence-corrected chi connectivity index (χ2v) is 9.20. The molecule has 1 aliphatic heterocycles. The van der Waals surface area contributed by atoms with Crippen LogP contribution in [0.4, 0.5) is 10.5 Å². The first-order valence-corrected chi connectivity index (χ1v) is 12.1. The number of thioether (sulfide) groups is 1. The Balaban J connectivity index is 1.47. The monoisotopic (exact) mass is 524 g/mol. The van der Waals surface area contributed by atoms with Gasteiger partial charge in [0, 0.05) is 17.3 Å². The average Bonchev–Trinajstić information content (AvgIpc) is 3.40. The molecule has 1 fully saturated rings. The summed E-state index contributed by atoms with van der Waals surface area (Å²) < 4.78 is 10.8. The van der Waals surface area contributed by atoms with Crippen LogP contribution in [0.15, 0.2) is 63.9 Å². The Bertz CT molecular complexity index is 1400. The molecule has 0 atom stereocenters. The summed E-state index contributed by atoms with van der Waals surface area (Å²) in [7, 11) is 0. The summed E-state index contributed by atoms with van der Waals surface area (Å²) in [5.74, 6) is -0.855. The van der Waals surface area contributed by atoms with Crippen molar-refractivity contribution in [3.05, 3.63) is 81.4 Å². The maximum atomic E-state index is 12.8. The lowest BCUT2D eigenvalue weighted by Crippen LogP contribution is -2.36. The Morgan fingerprint density at radius 2 is 1.94 bits per heavy atom. The highest BCUT2D eigenvalue weighted by Crippen LogP contribution is 2.34. The molecule has 2 heterocycles. The third-order valence-corrected chi connectivity index (χ3v) is 6.36. The van der Waals surface area contributed by atoms with Crippen molar-refractivity contribution >= 4 is 58.1 Å². The fourth-order valence-electron chi connectivity index (χ4n) is 3.46. The summed E-state index contributed by atoms with van der Waals surface area (Å²) >= 11 is 6.84. The van der Waals surface area contributed by atoms with Gasteiger partial charge >= 0.3 is 5.97 Å². The molecule has 36 heavy (non-hydrogen) atoms. The zero-order chi connectivity index (χ0) is 25.8. The molecule has 0 unspecified atom stereocenters. The molecule has 1 aliphatic rings. The molecule has 0 saturated carbocycles. The van der Waals surface area contributed by atoms with Crippen molar-refractivity contribution < 1.29 is 28.3 Å². The third kappa shape index (κ3) is 5.69. The number of aryl methyl sites for hydroxylation is 1. The number of carbonyl (C=O) groups is 4. The van der Waals surface area contributed by atoms with Gasteiger partial charge in [-0.25, -0.2) is 4.79 Å². The van der Waals surface area contributed by atoms with Gasteiger partial charge in [0.05, 0.1) is 22.1 Å². The molecule has 1 aromatic heterocycles. The van der Waals surface area contributed by atoms with Gasteiger partial charge in [-0.15, -0.1) is 0 Å². The molecule has 8 nitrogen and oxygen atoms in total. The summed E-state index contributed by atoms with van der Waals surface area (Å²) in [6.07, 6.45) is 1.44. The Labute approximate surface area is 216 Å². The number of anilines is 1. The van der Waals surface area contributed by atoms with Gasteiger partial charge in [0.15, 0.2) is 0 Å². The van der Waals surface area contributed by atoms with Gasteiger partial charge in [0.1, 0.15) is 18.1 Å². The van der Waals surface area contributed by atoms with Crippen molar-refractivity contribution in [2.45, 2.75) is 13.8 Å². The zero-order valence-electron chi connectivity index (χ0n) is 19.4. The molecule has 2 aromatic carbocycles. The molecule has 0 spiro atoms. The third-order valence-electron chi connectivity index (χ3n) is 5.12. The van der Waals surface area contributed by atoms with Crippen LogP contribution in [-0.4, -0.2) is 41.1 Å². The van der Waals surface area contributed by atoms with Crippen LogP contribution in [0.1, 0.15) is 28.6 Å². The van der Waals surface area contributed by atoms with Gasteiger partial charge in [-0.2, -0.15) is 0 Å². The number of ether oxygens (including phenoxy) is 1. The largest absolute Gasteiger partial charge is 0.462 e. The van der Waals surface area contributed by atoms with E-state index in [4.69, 9.17) is 20.8 Å². The van der Waals surface area contributed by atoms with Crippen molar-refractivity contribution in [1.82, 2.24) is 4.90 Å². The van der Waals surface area contributed by atoms with Crippen LogP contribution in [0.2, 0.25) is 5.02 Å². The fraction of sp³-hybridized carbons (Fsp3) is 0.154. The average molecular weight is 525 g/mol. The molecule has 4 rings (SSSR count). The molecule has 184 valence electrons. The van der Waals surface area contributed by atoms with Gasteiger partial charge in [-0.3, -0.25) is 19.3 Å². The Morgan fingerprint density at radius 1 is 1.14 bits per heavy atom. The van der Waals surface area contributed by atoms with E-state index in [2.05, 4.69) is 5.32 Å². The van der Waals surface area contributed by atoms with Crippen LogP contribution < -0.4 is 5.32 Å². The van der Waals surface area contributed by atoms with Gasteiger partial charge in [-0.1, -0.05) is 23.7 Å². The second-order valence-electron chi connectivity index (χ2n) is 7.80. The number of benzene rings is 2. The molecule has 0 bridgehead atoms. The SMILES string of the molecule is CCOC(=O)c1cc(-c2ccc(/C=C3/SC(=O)N(CC(=O)Nc4cccc(C)c4)C3=O)o2)ccc1Cl. The van der Waals surface area contributed by atoms with Crippen LogP contribution >= 0.6 is 23.4 Å². The van der Waals surface area contributed by atoms with Crippen molar-refractivity contribution in [2.24, 2.45) is 0 Å². The summed E-state index contributed by atoms with van der Waals surface area (Å²) in [5.41, 5.74) is 2.34. The number of imide groups is 1. The molecular formula is C26H21ClN2O6S. The normalized spacial score (nSPS) is 14.4. The minimum absolute atomic E-state index is 0.132. The molecule has 1 saturated heterocycles. The molecule has 3 amide bonds. The topological polar surface area (TPSA) is 106 Å². The number of esters is 1. The first-order valence-electron chi connectivity index (χ1n) is 10.9. The van der Waals surface area contributed by atoms with E-state index >= 15 is 0 Å². The Hall–Kier alpha value is -3.82. The van der Waals surface area contributed by atoms with E-state index in [0.717, 1.165) is 22.2 Å². The zero-order valence-corrected chi connectivity index (χ0v) is 20.9. The van der Waals surface area contributed by atoms with Crippen LogP contribution in [0.25, 0.3) is 17.4 Å². The lowest BCUT2D eigenvalue weighted by Gasteiger charge is -2.12. The van der Waals surface area contributed by atoms with Gasteiger partial charge in [-0.05, 0) is 73.6 Å². The predicted molar refractivity (Wildman–Crippen MR) is 138 cm³/mol. The van der Waals surface area contributed by atoms with Crippen LogP contribution in [0.3, 0.4) is 0 Å². The highest BCUT2D eigenvalue weighted by molar-refractivity contribution is 8.18. The van der Waals surface area contributed by atoms with E-state index in [0.29, 0.717) is 22.8 Å². The molecule has 10 heteroatoms. The molecular weight excluding hydrogens is 504 g/mol. The summed E-state index contributed by atoms with van der Waals surface area (Å²) in [6.45, 7) is 3.41. The standard InChI is InChI=1S/C26H21ClN2O6S/c1-3-34-25(32)19-12-16(7-9-20(19)27)21-10-8-18(35-21)13-22-24(31)29(26(33)36-22)14-23(30)28-17-6-4-5-15(2)11-17/h4-13H,3,14H2,1-2H3,(H,28,30)/b22-13+. The Morgan fingerprint density at radius 3 is 2.69 bits per heavy atom. The van der Waals surface area contributed by atoms with Crippen molar-refractivity contribution in [2.75, 3.05) is 18.5 Å². The number of nitrogens with one attached hydrogen (secondary N) is 1. The number of hydrogen-bond donors (Lipinski definition) is 1. The summed E-state index contributed by atoms with van der Waals surface area (Å²) in [4.78, 5) is 50.7. The van der Waals surface area contributed by atoms with Crippen LogP contribution in [0, 0.1) is 6.92 Å². The lowest BCUT2D eigenvalue weighted by molar-refractivity contribution is -0.127. The minimum atomic E-state index is -0.585. The van der Waals surface area contributed by atoms with E-state index < -0.39 is 29.6 Å². The summed E-state index contributed by atoms with van der Waals surface area (Å²) in [6, 6.07) is 15.3. The van der Waals surface area contributed by atoms with E-state index in [1.54, 1.807) is 55.5 Å². The molecule has 1 N–H and O–H groups in total. The second kappa shape index (κ2) is 10.8. The molecule has 0 radical (unpaired) electrons. The molecule has 3 aromatic rings. The number of hydrogen-bond acceptors (Lipinski definition) is 7. The van der Waals surface area contributed by atoms with E-state index in [1.165, 1.54) is 6.08 Å². The van der Waals surface area contributed by atoms with Crippen molar-refractivity contribution in [3.8, 4) is 11.3 Å². The van der Waals surface area contributed by atoms with Gasteiger partial charge in [0.25, 0.3) is 11.1 Å². The number of halogens is 1. The van der Waals surface area contributed by atoms with Crippen LogP contribution in [0.5, 0.6) is 0 Å². The van der Waals surface area contributed by atoms with Gasteiger partial charge < -0.3 is 14.5 Å². The first-order chi connectivity index (χ1) is 17.2. The summed E-state index contributed by atoms with van der Waals surface area (Å²) in [5, 5.41) is 2.39. The lowest BCUT2D eigenvalue weighted by atomic mass is 10.1. The minimum Gasteiger partial charge on any atom is -0.462 e. The van der Waals surface area contributed by atoms with Crippen molar-refractivity contribution in [3.63, 3.8) is 0 Å². The van der Waals surface area contributed by atoms with E-state index in [-0.39, 0.29) is 22.1 Å². The number of carbonyl (C=O) groups excluding carboxylic acids is 4. The number of amides is 3. The Kier molecular flexibility index (Phi) is 7.61. The van der Waals surface area contributed by atoms with E-state index in [9.17, 15) is 19.2 Å². The van der Waals surface area contributed by atoms with Gasteiger partial charge in [0.2, 0.25) is 5.91 Å². The van der Waals surface area contributed by atoms with Crippen LogP contribution in [-0.2, 0) is 14.3 Å². The number of furan rings is 1. The highest BCUT2D eigenvalue weighted by Gasteiger charge is 2.36. The van der Waals surface area contributed by atoms with E-state index in [1.807, 2.05) is 13.0 Å². The maximum Gasteiger partial charge on any atom is 0.339 e. The number of rotatable bonds is 7.